The molecule has 4 rings (SSSR count). The molecule has 0 amide bonds. The smallest absolute Gasteiger partial charge is 0.211 e. The molecule has 0 atom stereocenters. The Morgan fingerprint density at radius 3 is 2.60 bits per heavy atom. The molecule has 2 aromatic carbocycles. The maximum Gasteiger partial charge on any atom is 0.211 e. The van der Waals surface area contributed by atoms with Gasteiger partial charge in [0.25, 0.3) is 0 Å². The van der Waals surface area contributed by atoms with Crippen molar-refractivity contribution >= 4 is 27.3 Å². The van der Waals surface area contributed by atoms with Crippen molar-refractivity contribution in [3.8, 4) is 5.69 Å². The van der Waals surface area contributed by atoms with Crippen LogP contribution in [0.25, 0.3) is 15.9 Å². The van der Waals surface area contributed by atoms with Gasteiger partial charge in [-0.3, -0.25) is 0 Å². The third kappa shape index (κ3) is 3.01. The van der Waals surface area contributed by atoms with Gasteiger partial charge in [0.15, 0.2) is 0 Å². The normalized spacial score (nSPS) is 12.9. The number of aryl methyl sites for hydroxylation is 1. The number of thiazole rings is 1. The highest BCUT2D eigenvalue weighted by Crippen LogP contribution is 2.15. The lowest BCUT2D eigenvalue weighted by Crippen LogP contribution is -2.09. The summed E-state index contributed by atoms with van der Waals surface area (Å²) in [4.78, 5) is 4.83. The lowest BCUT2D eigenvalue weighted by molar-refractivity contribution is 0.878. The Morgan fingerprint density at radius 2 is 1.88 bits per heavy atom. The van der Waals surface area contributed by atoms with Gasteiger partial charge in [-0.2, -0.15) is 10.2 Å². The van der Waals surface area contributed by atoms with Crippen LogP contribution < -0.4 is 4.80 Å². The lowest BCUT2D eigenvalue weighted by atomic mass is 10.1. The largest absolute Gasteiger partial charge is 0.318 e. The molecule has 0 bridgehead atoms. The van der Waals surface area contributed by atoms with E-state index >= 15 is 0 Å². The molecule has 0 N–H and O–H groups in total. The summed E-state index contributed by atoms with van der Waals surface area (Å²) in [7, 11) is 2.01. The van der Waals surface area contributed by atoms with E-state index in [1.165, 1.54) is 11.0 Å². The molecule has 0 unspecified atom stereocenters. The summed E-state index contributed by atoms with van der Waals surface area (Å²) in [5.41, 5.74) is 4.01. The van der Waals surface area contributed by atoms with E-state index in [4.69, 9.17) is 0 Å². The highest BCUT2D eigenvalue weighted by Gasteiger charge is 2.02. The van der Waals surface area contributed by atoms with Crippen molar-refractivity contribution in [3.05, 3.63) is 71.6 Å². The number of aromatic nitrogens is 4. The molecule has 0 radical (unpaired) electrons. The zero-order chi connectivity index (χ0) is 17.2. The molecule has 0 fully saturated rings. The predicted molar refractivity (Wildman–Crippen MR) is 99.9 cm³/mol. The number of hydrogen-bond acceptors (Lipinski definition) is 5. The molecule has 7 heteroatoms. The van der Waals surface area contributed by atoms with Crippen molar-refractivity contribution in [3.63, 3.8) is 0 Å². The van der Waals surface area contributed by atoms with Crippen LogP contribution in [0.3, 0.4) is 0 Å². The van der Waals surface area contributed by atoms with Crippen molar-refractivity contribution in [1.82, 2.24) is 19.3 Å². The third-order valence-electron chi connectivity index (χ3n) is 3.97. The zero-order valence-electron chi connectivity index (χ0n) is 13.9. The van der Waals surface area contributed by atoms with Gasteiger partial charge in [-0.05, 0) is 36.8 Å². The average molecular weight is 348 g/mol. The van der Waals surface area contributed by atoms with Crippen LogP contribution >= 0.6 is 11.3 Å². The maximum atomic E-state index is 4.43. The summed E-state index contributed by atoms with van der Waals surface area (Å²) in [6, 6.07) is 16.2. The number of hydrogen-bond donors (Lipinski definition) is 0. The van der Waals surface area contributed by atoms with Crippen molar-refractivity contribution in [2.75, 3.05) is 0 Å². The first kappa shape index (κ1) is 15.5. The van der Waals surface area contributed by atoms with Gasteiger partial charge in [-0.25, -0.2) is 9.67 Å². The van der Waals surface area contributed by atoms with E-state index in [1.807, 2.05) is 50.4 Å². The summed E-state index contributed by atoms with van der Waals surface area (Å²) in [6.45, 7) is 1.96. The third-order valence-corrected chi connectivity index (χ3v) is 5.07. The van der Waals surface area contributed by atoms with Gasteiger partial charge in [0, 0.05) is 7.05 Å². The fraction of sp³-hybridized carbons (Fsp3) is 0.111. The molecule has 2 heterocycles. The van der Waals surface area contributed by atoms with Crippen LogP contribution in [0.2, 0.25) is 0 Å². The highest BCUT2D eigenvalue weighted by molar-refractivity contribution is 7.16. The quantitative estimate of drug-likeness (QED) is 0.422. The first-order chi connectivity index (χ1) is 12.2. The Balaban J connectivity index is 1.65. The number of para-hydroxylation sites is 1. The van der Waals surface area contributed by atoms with Gasteiger partial charge in [0.2, 0.25) is 4.80 Å². The van der Waals surface area contributed by atoms with Crippen LogP contribution in [0.15, 0.2) is 71.4 Å². The minimum Gasteiger partial charge on any atom is -0.318 e. The molecule has 0 saturated heterocycles. The Bertz CT molecular complexity index is 1100. The molecule has 0 saturated carbocycles. The minimum absolute atomic E-state index is 0.864. The van der Waals surface area contributed by atoms with Gasteiger partial charge < -0.3 is 4.57 Å². The molecule has 2 aromatic heterocycles. The van der Waals surface area contributed by atoms with Crippen molar-refractivity contribution in [2.24, 2.45) is 17.3 Å². The van der Waals surface area contributed by atoms with E-state index in [-0.39, 0.29) is 0 Å². The molecular formula is C18H16N6S. The topological polar surface area (TPSA) is 60.4 Å². The van der Waals surface area contributed by atoms with E-state index in [0.717, 1.165) is 27.3 Å². The number of rotatable bonds is 3. The SMILES string of the molecule is CC(=NN=c1sc2ccccc2n1C)c1ccc(-n2cncn2)cc1. The summed E-state index contributed by atoms with van der Waals surface area (Å²) in [5, 5.41) is 13.0. The highest BCUT2D eigenvalue weighted by atomic mass is 32.1. The summed E-state index contributed by atoms with van der Waals surface area (Å²) < 4.78 is 4.98. The second-order valence-corrected chi connectivity index (χ2v) is 6.59. The Kier molecular flexibility index (Phi) is 3.99. The number of benzene rings is 2. The summed E-state index contributed by atoms with van der Waals surface area (Å²) in [6.07, 6.45) is 3.19. The van der Waals surface area contributed by atoms with E-state index in [1.54, 1.807) is 22.3 Å². The van der Waals surface area contributed by atoms with Gasteiger partial charge in [-0.15, -0.1) is 5.10 Å². The summed E-state index contributed by atoms with van der Waals surface area (Å²) in [5.74, 6) is 0. The predicted octanol–water partition coefficient (Wildman–Crippen LogP) is 3.15. The second kappa shape index (κ2) is 6.45. The fourth-order valence-electron chi connectivity index (χ4n) is 2.55. The van der Waals surface area contributed by atoms with Crippen LogP contribution in [0.5, 0.6) is 0 Å². The van der Waals surface area contributed by atoms with E-state index < -0.39 is 0 Å². The first-order valence-electron chi connectivity index (χ1n) is 7.81. The molecule has 25 heavy (non-hydrogen) atoms. The van der Waals surface area contributed by atoms with E-state index in [9.17, 15) is 0 Å². The molecule has 0 spiro atoms. The van der Waals surface area contributed by atoms with Crippen LogP contribution in [0, 0.1) is 0 Å². The van der Waals surface area contributed by atoms with Crippen LogP contribution in [-0.4, -0.2) is 25.0 Å². The molecule has 0 aliphatic rings. The molecule has 124 valence electrons. The summed E-state index contributed by atoms with van der Waals surface area (Å²) >= 11 is 1.63. The standard InChI is InChI=1S/C18H16N6S/c1-13(14-7-9-15(10-8-14)24-12-19-11-20-24)21-22-18-23(2)16-5-3-4-6-17(16)25-18/h3-12H,1-2H3. The molecule has 6 nitrogen and oxygen atoms in total. The number of nitrogens with zero attached hydrogens (tertiary/aromatic N) is 6. The molecule has 4 aromatic rings. The Labute approximate surface area is 148 Å². The van der Waals surface area contributed by atoms with E-state index in [0.29, 0.717) is 0 Å². The lowest BCUT2D eigenvalue weighted by Gasteiger charge is -2.02. The first-order valence-corrected chi connectivity index (χ1v) is 8.62. The van der Waals surface area contributed by atoms with Crippen molar-refractivity contribution in [2.45, 2.75) is 6.92 Å². The van der Waals surface area contributed by atoms with Crippen LogP contribution in [-0.2, 0) is 7.05 Å². The second-order valence-electron chi connectivity index (χ2n) is 5.58. The van der Waals surface area contributed by atoms with Crippen LogP contribution in [0.1, 0.15) is 12.5 Å². The van der Waals surface area contributed by atoms with Gasteiger partial charge >= 0.3 is 0 Å². The number of fused-ring (bicyclic) bond motifs is 1. The fourth-order valence-corrected chi connectivity index (χ4v) is 3.52. The van der Waals surface area contributed by atoms with Gasteiger partial charge in [0.1, 0.15) is 12.7 Å². The molecule has 0 aliphatic heterocycles. The monoisotopic (exact) mass is 348 g/mol. The Morgan fingerprint density at radius 1 is 1.08 bits per heavy atom. The van der Waals surface area contributed by atoms with Gasteiger partial charge in [-0.1, -0.05) is 35.6 Å². The maximum absolute atomic E-state index is 4.43. The van der Waals surface area contributed by atoms with E-state index in [2.05, 4.69) is 37.0 Å². The average Bonchev–Trinajstić information content (AvgIpc) is 3.29. The molecule has 0 aliphatic carbocycles. The van der Waals surface area contributed by atoms with Gasteiger partial charge in [0.05, 0.1) is 21.6 Å². The minimum atomic E-state index is 0.864. The Hall–Kier alpha value is -3.06. The molecular weight excluding hydrogens is 332 g/mol. The van der Waals surface area contributed by atoms with Crippen molar-refractivity contribution in [1.29, 1.82) is 0 Å². The zero-order valence-corrected chi connectivity index (χ0v) is 14.7. The van der Waals surface area contributed by atoms with Crippen molar-refractivity contribution < 1.29 is 0 Å². The van der Waals surface area contributed by atoms with Crippen LogP contribution in [0.4, 0.5) is 0 Å².